The van der Waals surface area contributed by atoms with Gasteiger partial charge in [-0.3, -0.25) is 0 Å². The van der Waals surface area contributed by atoms with Gasteiger partial charge in [0.25, 0.3) is 0 Å². The molecular formula is C11H20OSSi. The first kappa shape index (κ1) is 11.9. The molecule has 1 heterocycles. The lowest BCUT2D eigenvalue weighted by Gasteiger charge is -2.27. The normalized spacial score (nSPS) is 11.9. The molecule has 3 heteroatoms. The molecule has 0 amide bonds. The van der Waals surface area contributed by atoms with Crippen molar-refractivity contribution in [3.63, 3.8) is 0 Å². The van der Waals surface area contributed by atoms with Gasteiger partial charge in [0.1, 0.15) is 0 Å². The minimum Gasteiger partial charge on any atom is -0.412 e. The van der Waals surface area contributed by atoms with Crippen molar-refractivity contribution in [2.24, 2.45) is 0 Å². The molecule has 0 aliphatic carbocycles. The van der Waals surface area contributed by atoms with E-state index in [1.165, 1.54) is 23.0 Å². The molecule has 0 spiro atoms. The van der Waals surface area contributed by atoms with Crippen LogP contribution in [0.5, 0.6) is 0 Å². The number of thiophene rings is 1. The quantitative estimate of drug-likeness (QED) is 0.661. The molecule has 0 fully saturated rings. The second-order valence-electron chi connectivity index (χ2n) is 3.61. The molecular weight excluding hydrogens is 208 g/mol. The molecule has 14 heavy (non-hydrogen) atoms. The average Bonchev–Trinajstić information content (AvgIpc) is 2.74. The highest BCUT2D eigenvalue weighted by Crippen LogP contribution is 2.24. The van der Waals surface area contributed by atoms with E-state index in [2.05, 4.69) is 38.3 Å². The largest absolute Gasteiger partial charge is 0.412 e. The smallest absolute Gasteiger partial charge is 0.192 e. The highest BCUT2D eigenvalue weighted by Gasteiger charge is 2.28. The topological polar surface area (TPSA) is 9.23 Å². The zero-order chi connectivity index (χ0) is 10.4. The maximum absolute atomic E-state index is 6.17. The van der Waals surface area contributed by atoms with Crippen LogP contribution in [0.25, 0.3) is 0 Å². The lowest BCUT2D eigenvalue weighted by molar-refractivity contribution is 0.291. The Bertz CT molecular complexity index is 234. The van der Waals surface area contributed by atoms with Crippen molar-refractivity contribution in [1.29, 1.82) is 0 Å². The summed E-state index contributed by atoms with van der Waals surface area (Å²) in [6.45, 7) is 7.65. The van der Waals surface area contributed by atoms with Crippen molar-refractivity contribution in [3.05, 3.63) is 22.4 Å². The Hall–Kier alpha value is -0.123. The van der Waals surface area contributed by atoms with Crippen molar-refractivity contribution < 1.29 is 4.43 Å². The molecule has 1 aromatic heterocycles. The first-order valence-corrected chi connectivity index (χ1v) is 8.83. The molecule has 0 unspecified atom stereocenters. The van der Waals surface area contributed by atoms with Crippen LogP contribution in [0.2, 0.25) is 18.1 Å². The fourth-order valence-electron chi connectivity index (χ4n) is 1.68. The van der Waals surface area contributed by atoms with Crippen LogP contribution in [0.4, 0.5) is 0 Å². The van der Waals surface area contributed by atoms with Crippen LogP contribution >= 0.6 is 11.3 Å². The molecule has 0 bridgehead atoms. The molecule has 1 aromatic rings. The van der Waals surface area contributed by atoms with Crippen LogP contribution in [0.15, 0.2) is 17.5 Å². The van der Waals surface area contributed by atoms with E-state index in [1.807, 2.05) is 0 Å². The van der Waals surface area contributed by atoms with E-state index in [1.54, 1.807) is 11.3 Å². The van der Waals surface area contributed by atoms with E-state index in [9.17, 15) is 0 Å². The summed E-state index contributed by atoms with van der Waals surface area (Å²) in [5.41, 5.74) is 0. The van der Waals surface area contributed by atoms with Gasteiger partial charge in [-0.05, 0) is 29.6 Å². The maximum atomic E-state index is 6.17. The second kappa shape index (κ2) is 5.68. The van der Waals surface area contributed by atoms with Crippen LogP contribution in [0.1, 0.15) is 25.6 Å². The minimum absolute atomic E-state index is 0.833. The molecule has 0 atom stereocenters. The first-order valence-electron chi connectivity index (χ1n) is 5.42. The van der Waals surface area contributed by atoms with Crippen molar-refractivity contribution in [3.8, 4) is 0 Å². The summed E-state index contributed by atoms with van der Waals surface area (Å²) in [6, 6.07) is 7.98. The van der Waals surface area contributed by atoms with Gasteiger partial charge in [-0.25, -0.2) is 0 Å². The van der Waals surface area contributed by atoms with Crippen LogP contribution in [-0.2, 0) is 11.0 Å². The predicted molar refractivity (Wildman–Crippen MR) is 66.3 cm³/mol. The third-order valence-electron chi connectivity index (χ3n) is 3.03. The molecule has 0 aliphatic heterocycles. The summed E-state index contributed by atoms with van der Waals surface area (Å²) >= 11 is 1.79. The zero-order valence-electron chi connectivity index (χ0n) is 9.38. The first-order chi connectivity index (χ1) is 6.76. The Morgan fingerprint density at radius 1 is 1.21 bits per heavy atom. The zero-order valence-corrected chi connectivity index (χ0v) is 11.2. The maximum Gasteiger partial charge on any atom is 0.192 e. The highest BCUT2D eigenvalue weighted by molar-refractivity contribution is 7.09. The van der Waals surface area contributed by atoms with Gasteiger partial charge in [-0.15, -0.1) is 11.3 Å². The predicted octanol–water partition coefficient (Wildman–Crippen LogP) is 4.27. The summed E-state index contributed by atoms with van der Waals surface area (Å²) in [7, 11) is -1.37. The lowest BCUT2D eigenvalue weighted by atomic mass is 10.5. The lowest BCUT2D eigenvalue weighted by Crippen LogP contribution is -2.35. The number of hydrogen-bond donors (Lipinski definition) is 0. The van der Waals surface area contributed by atoms with Gasteiger partial charge >= 0.3 is 0 Å². The molecule has 0 aromatic carbocycles. The molecule has 80 valence electrons. The Kier molecular flexibility index (Phi) is 4.85. The van der Waals surface area contributed by atoms with Crippen LogP contribution in [0.3, 0.4) is 0 Å². The molecule has 1 nitrogen and oxygen atoms in total. The summed E-state index contributed by atoms with van der Waals surface area (Å²) in [6.07, 6.45) is 0. The van der Waals surface area contributed by atoms with E-state index in [0.29, 0.717) is 0 Å². The summed E-state index contributed by atoms with van der Waals surface area (Å²) < 4.78 is 6.17. The Labute approximate surface area is 92.2 Å². The van der Waals surface area contributed by atoms with Crippen molar-refractivity contribution >= 4 is 19.7 Å². The van der Waals surface area contributed by atoms with Gasteiger partial charge in [0.05, 0.1) is 6.61 Å². The molecule has 0 saturated heterocycles. The summed E-state index contributed by atoms with van der Waals surface area (Å²) in [4.78, 5) is 1.36. The van der Waals surface area contributed by atoms with Gasteiger partial charge in [0, 0.05) is 4.88 Å². The van der Waals surface area contributed by atoms with Gasteiger partial charge in [-0.1, -0.05) is 26.8 Å². The molecule has 0 aliphatic rings. The highest BCUT2D eigenvalue weighted by atomic mass is 32.1. The van der Waals surface area contributed by atoms with Gasteiger partial charge in [-0.2, -0.15) is 0 Å². The Morgan fingerprint density at radius 3 is 2.29 bits per heavy atom. The van der Waals surface area contributed by atoms with E-state index < -0.39 is 8.32 Å². The van der Waals surface area contributed by atoms with Gasteiger partial charge in [0.15, 0.2) is 8.32 Å². The Balaban J connectivity index is 2.48. The third kappa shape index (κ3) is 2.94. The summed E-state index contributed by atoms with van der Waals surface area (Å²) in [5.74, 6) is 0. The summed E-state index contributed by atoms with van der Waals surface area (Å²) in [5, 5.41) is 2.12. The minimum atomic E-state index is -1.37. The monoisotopic (exact) mass is 228 g/mol. The van der Waals surface area contributed by atoms with Crippen LogP contribution < -0.4 is 0 Å². The standard InChI is InChI=1S/C11H20OSSi/c1-4-14(5-2,6-3)12-10-11-8-7-9-13-11/h7-9H,4-6,10H2,1-3H3. The Morgan fingerprint density at radius 2 is 1.86 bits per heavy atom. The SMILES string of the molecule is CC[Si](CC)(CC)OCc1cccs1. The van der Waals surface area contributed by atoms with Crippen molar-refractivity contribution in [1.82, 2.24) is 0 Å². The van der Waals surface area contributed by atoms with E-state index in [4.69, 9.17) is 4.43 Å². The van der Waals surface area contributed by atoms with E-state index in [-0.39, 0.29) is 0 Å². The molecule has 1 rings (SSSR count). The number of rotatable bonds is 6. The van der Waals surface area contributed by atoms with Crippen LogP contribution in [0, 0.1) is 0 Å². The van der Waals surface area contributed by atoms with Crippen molar-refractivity contribution in [2.45, 2.75) is 45.5 Å². The molecule has 0 N–H and O–H groups in total. The molecule has 0 saturated carbocycles. The fourth-order valence-corrected chi connectivity index (χ4v) is 4.97. The van der Waals surface area contributed by atoms with E-state index in [0.717, 1.165) is 6.61 Å². The second-order valence-corrected chi connectivity index (χ2v) is 9.42. The van der Waals surface area contributed by atoms with Crippen molar-refractivity contribution in [2.75, 3.05) is 0 Å². The molecule has 0 radical (unpaired) electrons. The van der Waals surface area contributed by atoms with Gasteiger partial charge in [0.2, 0.25) is 0 Å². The fraction of sp³-hybridized carbons (Fsp3) is 0.636. The third-order valence-corrected chi connectivity index (χ3v) is 8.51. The van der Waals surface area contributed by atoms with Crippen LogP contribution in [-0.4, -0.2) is 8.32 Å². The van der Waals surface area contributed by atoms with Gasteiger partial charge < -0.3 is 4.43 Å². The van der Waals surface area contributed by atoms with E-state index >= 15 is 0 Å². The number of hydrogen-bond acceptors (Lipinski definition) is 2. The average molecular weight is 228 g/mol.